The zero-order chi connectivity index (χ0) is 15.1. The fraction of sp³-hybridized carbons (Fsp3) is 0.333. The quantitative estimate of drug-likeness (QED) is 0.486. The topological polar surface area (TPSA) is 82.3 Å². The fourth-order valence-corrected chi connectivity index (χ4v) is 1.75. The largest absolute Gasteiger partial charge is 0.507 e. The molecular weight excluding hydrogens is 256 g/mol. The van der Waals surface area contributed by atoms with E-state index in [4.69, 9.17) is 10.00 Å². The standard InChI is InChI=1S/C15H18N2O3/c1-10-6-12(7-11(2)14(10)18)8-13(9-16)15(19)17-4-5-20-3/h6-8,18H,4-5H2,1-3H3,(H,17,19)/b13-8+. The zero-order valence-electron chi connectivity index (χ0n) is 11.9. The highest BCUT2D eigenvalue weighted by atomic mass is 16.5. The number of benzene rings is 1. The molecule has 1 aromatic carbocycles. The Bertz CT molecular complexity index is 548. The molecule has 1 rings (SSSR count). The van der Waals surface area contributed by atoms with Crippen LogP contribution in [0.1, 0.15) is 16.7 Å². The van der Waals surface area contributed by atoms with Crippen molar-refractivity contribution >= 4 is 12.0 Å². The molecule has 0 aliphatic rings. The van der Waals surface area contributed by atoms with E-state index in [2.05, 4.69) is 5.32 Å². The molecule has 0 aliphatic carbocycles. The van der Waals surface area contributed by atoms with Crippen LogP contribution in [0.5, 0.6) is 5.75 Å². The summed E-state index contributed by atoms with van der Waals surface area (Å²) in [6.07, 6.45) is 1.50. The van der Waals surface area contributed by atoms with E-state index in [-0.39, 0.29) is 11.3 Å². The molecule has 0 heterocycles. The second-order valence-electron chi connectivity index (χ2n) is 4.42. The third-order valence-corrected chi connectivity index (χ3v) is 2.78. The summed E-state index contributed by atoms with van der Waals surface area (Å²) in [5.74, 6) is -0.210. The van der Waals surface area contributed by atoms with Crippen LogP contribution in [0.2, 0.25) is 0 Å². The molecule has 20 heavy (non-hydrogen) atoms. The lowest BCUT2D eigenvalue weighted by molar-refractivity contribution is -0.117. The van der Waals surface area contributed by atoms with E-state index in [1.54, 1.807) is 26.0 Å². The van der Waals surface area contributed by atoms with Crippen LogP contribution in [-0.4, -0.2) is 31.3 Å². The zero-order valence-corrected chi connectivity index (χ0v) is 11.9. The van der Waals surface area contributed by atoms with Crippen molar-refractivity contribution in [2.75, 3.05) is 20.3 Å². The number of aromatic hydroxyl groups is 1. The first-order chi connectivity index (χ1) is 9.49. The lowest BCUT2D eigenvalue weighted by Crippen LogP contribution is -2.27. The number of nitrogens with zero attached hydrogens (tertiary/aromatic N) is 1. The van der Waals surface area contributed by atoms with E-state index < -0.39 is 5.91 Å². The molecule has 0 saturated carbocycles. The van der Waals surface area contributed by atoms with Crippen molar-refractivity contribution in [3.05, 3.63) is 34.4 Å². The van der Waals surface area contributed by atoms with Crippen LogP contribution >= 0.6 is 0 Å². The molecule has 1 amide bonds. The molecule has 5 heteroatoms. The number of aryl methyl sites for hydroxylation is 2. The number of phenolic OH excluding ortho intramolecular Hbond substituents is 1. The van der Waals surface area contributed by atoms with Crippen LogP contribution in [0.3, 0.4) is 0 Å². The van der Waals surface area contributed by atoms with E-state index in [0.717, 1.165) is 0 Å². The average Bonchev–Trinajstić information content (AvgIpc) is 2.42. The molecule has 0 radical (unpaired) electrons. The van der Waals surface area contributed by atoms with Gasteiger partial charge in [0, 0.05) is 13.7 Å². The maximum Gasteiger partial charge on any atom is 0.262 e. The van der Waals surface area contributed by atoms with Gasteiger partial charge in [0.05, 0.1) is 6.61 Å². The molecule has 0 fully saturated rings. The highest BCUT2D eigenvalue weighted by molar-refractivity contribution is 6.01. The maximum atomic E-state index is 11.8. The number of phenols is 1. The van der Waals surface area contributed by atoms with Gasteiger partial charge in [0.2, 0.25) is 0 Å². The van der Waals surface area contributed by atoms with Gasteiger partial charge in [-0.1, -0.05) is 0 Å². The first-order valence-corrected chi connectivity index (χ1v) is 6.18. The van der Waals surface area contributed by atoms with E-state index in [1.165, 1.54) is 13.2 Å². The van der Waals surface area contributed by atoms with Gasteiger partial charge >= 0.3 is 0 Å². The number of hydrogen-bond acceptors (Lipinski definition) is 4. The molecule has 0 unspecified atom stereocenters. The number of rotatable bonds is 5. The summed E-state index contributed by atoms with van der Waals surface area (Å²) in [5.41, 5.74) is 2.13. The summed E-state index contributed by atoms with van der Waals surface area (Å²) in [6, 6.07) is 5.33. The Morgan fingerprint density at radius 1 is 1.45 bits per heavy atom. The Kier molecular flexibility index (Phi) is 5.75. The van der Waals surface area contributed by atoms with Crippen LogP contribution < -0.4 is 5.32 Å². The molecule has 106 valence electrons. The maximum absolute atomic E-state index is 11.8. The number of amides is 1. The van der Waals surface area contributed by atoms with Crippen molar-refractivity contribution in [2.24, 2.45) is 0 Å². The van der Waals surface area contributed by atoms with Crippen LogP contribution in [0.15, 0.2) is 17.7 Å². The number of carbonyl (C=O) groups is 1. The average molecular weight is 274 g/mol. The van der Waals surface area contributed by atoms with Crippen molar-refractivity contribution in [3.63, 3.8) is 0 Å². The van der Waals surface area contributed by atoms with Crippen LogP contribution in [0, 0.1) is 25.2 Å². The smallest absolute Gasteiger partial charge is 0.262 e. The first-order valence-electron chi connectivity index (χ1n) is 6.18. The van der Waals surface area contributed by atoms with Gasteiger partial charge in [-0.3, -0.25) is 4.79 Å². The van der Waals surface area contributed by atoms with E-state index in [9.17, 15) is 9.90 Å². The fourth-order valence-electron chi connectivity index (χ4n) is 1.75. The molecule has 2 N–H and O–H groups in total. The minimum Gasteiger partial charge on any atom is -0.507 e. The SMILES string of the molecule is COCCNC(=O)/C(C#N)=C/c1cc(C)c(O)c(C)c1. The monoisotopic (exact) mass is 274 g/mol. The number of nitriles is 1. The summed E-state index contributed by atoms with van der Waals surface area (Å²) < 4.78 is 4.82. The predicted octanol–water partition coefficient (Wildman–Crippen LogP) is 1.68. The summed E-state index contributed by atoms with van der Waals surface area (Å²) in [4.78, 5) is 11.8. The predicted molar refractivity (Wildman–Crippen MR) is 76.1 cm³/mol. The van der Waals surface area contributed by atoms with Gasteiger partial charge in [-0.15, -0.1) is 0 Å². The van der Waals surface area contributed by atoms with Crippen molar-refractivity contribution < 1.29 is 14.6 Å². The van der Waals surface area contributed by atoms with Crippen LogP contribution in [0.4, 0.5) is 0 Å². The molecule has 0 saturated heterocycles. The molecule has 0 atom stereocenters. The Labute approximate surface area is 118 Å². The summed E-state index contributed by atoms with van der Waals surface area (Å²) in [7, 11) is 1.54. The summed E-state index contributed by atoms with van der Waals surface area (Å²) in [5, 5.41) is 21.3. The van der Waals surface area contributed by atoms with Crippen molar-refractivity contribution in [3.8, 4) is 11.8 Å². The van der Waals surface area contributed by atoms with Gasteiger partial charge < -0.3 is 15.2 Å². The Hall–Kier alpha value is -2.32. The highest BCUT2D eigenvalue weighted by Crippen LogP contribution is 2.24. The van der Waals surface area contributed by atoms with Gasteiger partial charge in [0.15, 0.2) is 0 Å². The van der Waals surface area contributed by atoms with Gasteiger partial charge in [-0.2, -0.15) is 5.26 Å². The second-order valence-corrected chi connectivity index (χ2v) is 4.42. The Morgan fingerprint density at radius 2 is 2.05 bits per heavy atom. The van der Waals surface area contributed by atoms with Crippen molar-refractivity contribution in [1.29, 1.82) is 5.26 Å². The highest BCUT2D eigenvalue weighted by Gasteiger charge is 2.09. The number of ether oxygens (including phenoxy) is 1. The molecule has 0 aromatic heterocycles. The molecule has 1 aromatic rings. The van der Waals surface area contributed by atoms with Crippen LogP contribution in [0.25, 0.3) is 6.08 Å². The van der Waals surface area contributed by atoms with E-state index in [0.29, 0.717) is 29.8 Å². The van der Waals surface area contributed by atoms with E-state index in [1.807, 2.05) is 6.07 Å². The van der Waals surface area contributed by atoms with Gasteiger partial charge in [-0.25, -0.2) is 0 Å². The number of methoxy groups -OCH3 is 1. The normalized spacial score (nSPS) is 11.0. The first kappa shape index (κ1) is 15.7. The van der Waals surface area contributed by atoms with Gasteiger partial charge in [0.25, 0.3) is 5.91 Å². The summed E-state index contributed by atoms with van der Waals surface area (Å²) in [6.45, 7) is 4.28. The number of hydrogen-bond donors (Lipinski definition) is 2. The third-order valence-electron chi connectivity index (χ3n) is 2.78. The number of carbonyl (C=O) groups excluding carboxylic acids is 1. The molecule has 5 nitrogen and oxygen atoms in total. The lowest BCUT2D eigenvalue weighted by atomic mass is 10.0. The van der Waals surface area contributed by atoms with Crippen LogP contribution in [-0.2, 0) is 9.53 Å². The van der Waals surface area contributed by atoms with E-state index >= 15 is 0 Å². The Balaban J connectivity index is 2.95. The Morgan fingerprint density at radius 3 is 2.55 bits per heavy atom. The number of nitrogens with one attached hydrogen (secondary N) is 1. The van der Waals surface area contributed by atoms with Crippen molar-refractivity contribution in [2.45, 2.75) is 13.8 Å². The molecule has 0 bridgehead atoms. The molecule has 0 spiro atoms. The summed E-state index contributed by atoms with van der Waals surface area (Å²) >= 11 is 0. The minimum absolute atomic E-state index is 0.0191. The third kappa shape index (κ3) is 4.11. The minimum atomic E-state index is -0.437. The molecule has 0 aliphatic heterocycles. The van der Waals surface area contributed by atoms with Gasteiger partial charge in [-0.05, 0) is 48.7 Å². The van der Waals surface area contributed by atoms with Gasteiger partial charge in [0.1, 0.15) is 17.4 Å². The second kappa shape index (κ2) is 7.31. The van der Waals surface area contributed by atoms with Crippen molar-refractivity contribution in [1.82, 2.24) is 5.32 Å². The molecular formula is C15H18N2O3. The lowest BCUT2D eigenvalue weighted by Gasteiger charge is -2.06.